The molecule has 0 fully saturated rings. The predicted octanol–water partition coefficient (Wildman–Crippen LogP) is 4.12. The van der Waals surface area contributed by atoms with Gasteiger partial charge in [0.1, 0.15) is 0 Å². The fourth-order valence-electron chi connectivity index (χ4n) is 3.79. The Balaban J connectivity index is 2.02. The maximum absolute atomic E-state index is 4.94. The van der Waals surface area contributed by atoms with Crippen LogP contribution in [0.25, 0.3) is 0 Å². The molecule has 19 heavy (non-hydrogen) atoms. The molecule has 2 heteroatoms. The lowest BCUT2D eigenvalue weighted by molar-refractivity contribution is 0.177. The van der Waals surface area contributed by atoms with Gasteiger partial charge >= 0.3 is 0 Å². The fraction of sp³-hybridized carbons (Fsp3) is 0.765. The highest BCUT2D eigenvalue weighted by Crippen LogP contribution is 2.46. The van der Waals surface area contributed by atoms with E-state index in [2.05, 4.69) is 40.8 Å². The van der Waals surface area contributed by atoms with Gasteiger partial charge in [-0.3, -0.25) is 9.98 Å². The molecular weight excluding hydrogens is 232 g/mol. The highest BCUT2D eigenvalue weighted by molar-refractivity contribution is 6.05. The molecule has 0 saturated carbocycles. The summed E-state index contributed by atoms with van der Waals surface area (Å²) in [4.78, 5) is 9.72. The van der Waals surface area contributed by atoms with Gasteiger partial charge in [-0.05, 0) is 41.6 Å². The molecule has 2 aliphatic heterocycles. The minimum atomic E-state index is 0.337. The van der Waals surface area contributed by atoms with Crippen LogP contribution in [-0.2, 0) is 0 Å². The first kappa shape index (κ1) is 13.1. The van der Waals surface area contributed by atoms with Crippen LogP contribution < -0.4 is 0 Å². The van der Waals surface area contributed by atoms with Crippen LogP contribution in [0.3, 0.4) is 0 Å². The molecule has 0 aromatic heterocycles. The van der Waals surface area contributed by atoms with E-state index < -0.39 is 0 Å². The van der Waals surface area contributed by atoms with Crippen molar-refractivity contribution in [2.24, 2.45) is 39.1 Å². The topological polar surface area (TPSA) is 24.7 Å². The highest BCUT2D eigenvalue weighted by Gasteiger charge is 2.43. The smallest absolute Gasteiger partial charge is 0.0834 e. The van der Waals surface area contributed by atoms with Crippen LogP contribution in [-0.4, -0.2) is 18.5 Å². The van der Waals surface area contributed by atoms with Crippen molar-refractivity contribution in [3.05, 3.63) is 11.3 Å². The molecule has 0 aromatic carbocycles. The van der Waals surface area contributed by atoms with E-state index in [0.717, 1.165) is 6.54 Å². The molecule has 0 spiro atoms. The van der Waals surface area contributed by atoms with Crippen molar-refractivity contribution < 1.29 is 0 Å². The molecule has 2 heterocycles. The van der Waals surface area contributed by atoms with E-state index in [0.29, 0.717) is 29.1 Å². The van der Waals surface area contributed by atoms with E-state index in [1.54, 1.807) is 5.57 Å². The zero-order chi connectivity index (χ0) is 13.8. The number of hydrogen-bond donors (Lipinski definition) is 0. The SMILES string of the molecule is CC1C=NC2=C(CCC3C2=NCC(C)(C)C3C)C1C. The number of allylic oxidation sites excluding steroid dienone is 2. The molecule has 4 atom stereocenters. The lowest BCUT2D eigenvalue weighted by Crippen LogP contribution is -2.43. The monoisotopic (exact) mass is 258 g/mol. The number of rotatable bonds is 0. The Labute approximate surface area is 117 Å². The zero-order valence-corrected chi connectivity index (χ0v) is 12.9. The molecule has 4 unspecified atom stereocenters. The molecule has 0 amide bonds. The number of hydrogen-bond acceptors (Lipinski definition) is 2. The van der Waals surface area contributed by atoms with E-state index in [1.807, 2.05) is 0 Å². The Hall–Kier alpha value is -0.920. The Morgan fingerprint density at radius 1 is 1.21 bits per heavy atom. The quantitative estimate of drug-likeness (QED) is 0.624. The molecule has 0 N–H and O–H groups in total. The van der Waals surface area contributed by atoms with Crippen LogP contribution in [0.2, 0.25) is 0 Å². The van der Waals surface area contributed by atoms with Crippen molar-refractivity contribution >= 4 is 11.9 Å². The van der Waals surface area contributed by atoms with E-state index in [4.69, 9.17) is 9.98 Å². The van der Waals surface area contributed by atoms with Crippen molar-refractivity contribution in [1.29, 1.82) is 0 Å². The lowest BCUT2D eigenvalue weighted by atomic mass is 9.64. The molecule has 0 bridgehead atoms. The average molecular weight is 258 g/mol. The van der Waals surface area contributed by atoms with E-state index in [1.165, 1.54) is 24.3 Å². The largest absolute Gasteiger partial charge is 0.287 e. The minimum Gasteiger partial charge on any atom is -0.287 e. The first-order chi connectivity index (χ1) is 8.92. The Bertz CT molecular complexity index is 481. The van der Waals surface area contributed by atoms with Crippen molar-refractivity contribution in [1.82, 2.24) is 0 Å². The summed E-state index contributed by atoms with van der Waals surface area (Å²) < 4.78 is 0. The second kappa shape index (κ2) is 4.29. The van der Waals surface area contributed by atoms with E-state index >= 15 is 0 Å². The Morgan fingerprint density at radius 3 is 2.68 bits per heavy atom. The fourth-order valence-corrected chi connectivity index (χ4v) is 3.79. The van der Waals surface area contributed by atoms with Crippen LogP contribution in [0.15, 0.2) is 21.3 Å². The molecule has 0 saturated heterocycles. The molecule has 3 rings (SSSR count). The first-order valence-electron chi connectivity index (χ1n) is 7.74. The first-order valence-corrected chi connectivity index (χ1v) is 7.74. The van der Waals surface area contributed by atoms with Gasteiger partial charge in [0.2, 0.25) is 0 Å². The summed E-state index contributed by atoms with van der Waals surface area (Å²) in [7, 11) is 0. The summed E-state index contributed by atoms with van der Waals surface area (Å²) in [6.45, 7) is 12.7. The maximum Gasteiger partial charge on any atom is 0.0834 e. The lowest BCUT2D eigenvalue weighted by Gasteiger charge is -2.45. The minimum absolute atomic E-state index is 0.337. The number of fused-ring (bicyclic) bond motifs is 2. The van der Waals surface area contributed by atoms with Gasteiger partial charge < -0.3 is 0 Å². The highest BCUT2D eigenvalue weighted by atomic mass is 14.9. The van der Waals surface area contributed by atoms with Crippen molar-refractivity contribution in [3.8, 4) is 0 Å². The van der Waals surface area contributed by atoms with Crippen LogP contribution >= 0.6 is 0 Å². The third-order valence-corrected chi connectivity index (χ3v) is 5.89. The van der Waals surface area contributed by atoms with Gasteiger partial charge in [0.25, 0.3) is 0 Å². The van der Waals surface area contributed by atoms with Gasteiger partial charge in [0.05, 0.1) is 11.4 Å². The number of nitrogens with zero attached hydrogens (tertiary/aromatic N) is 2. The van der Waals surface area contributed by atoms with E-state index in [9.17, 15) is 0 Å². The summed E-state index contributed by atoms with van der Waals surface area (Å²) in [6.07, 6.45) is 4.63. The van der Waals surface area contributed by atoms with Gasteiger partial charge in [-0.1, -0.05) is 34.6 Å². The van der Waals surface area contributed by atoms with Crippen LogP contribution in [0.1, 0.15) is 47.5 Å². The zero-order valence-electron chi connectivity index (χ0n) is 12.9. The summed E-state index contributed by atoms with van der Waals surface area (Å²) in [5.74, 6) is 2.55. The third-order valence-electron chi connectivity index (χ3n) is 5.89. The molecular formula is C17H26N2. The van der Waals surface area contributed by atoms with Gasteiger partial charge in [0.15, 0.2) is 0 Å². The van der Waals surface area contributed by atoms with E-state index in [-0.39, 0.29) is 0 Å². The molecule has 0 radical (unpaired) electrons. The van der Waals surface area contributed by atoms with Gasteiger partial charge in [0, 0.05) is 18.7 Å². The molecule has 104 valence electrons. The Kier molecular flexibility index (Phi) is 2.95. The second-order valence-corrected chi connectivity index (χ2v) is 7.42. The number of aliphatic imine (C=N–C) groups is 2. The maximum atomic E-state index is 4.94. The molecule has 2 nitrogen and oxygen atoms in total. The summed E-state index contributed by atoms with van der Waals surface area (Å²) >= 11 is 0. The second-order valence-electron chi connectivity index (χ2n) is 7.42. The molecule has 0 aromatic rings. The standard InChI is InChI=1S/C17H26N2/c1-10-8-18-15-13(11(10)2)6-7-14-12(3)17(4,5)9-19-16(14)15/h8,10-12,14H,6-7,9H2,1-5H3. The van der Waals surface area contributed by atoms with Crippen molar-refractivity contribution in [2.45, 2.75) is 47.5 Å². The van der Waals surface area contributed by atoms with Gasteiger partial charge in [-0.25, -0.2) is 0 Å². The molecule has 1 aliphatic carbocycles. The van der Waals surface area contributed by atoms with Crippen LogP contribution in [0.4, 0.5) is 0 Å². The van der Waals surface area contributed by atoms with Crippen molar-refractivity contribution in [3.63, 3.8) is 0 Å². The predicted molar refractivity (Wildman–Crippen MR) is 81.8 cm³/mol. The normalized spacial score (nSPS) is 40.6. The third kappa shape index (κ3) is 1.91. The van der Waals surface area contributed by atoms with Gasteiger partial charge in [-0.15, -0.1) is 0 Å². The van der Waals surface area contributed by atoms with Crippen molar-refractivity contribution in [2.75, 3.05) is 6.54 Å². The summed E-state index contributed by atoms with van der Waals surface area (Å²) in [5.41, 5.74) is 4.48. The van der Waals surface area contributed by atoms with Crippen LogP contribution in [0, 0.1) is 29.1 Å². The van der Waals surface area contributed by atoms with Gasteiger partial charge in [-0.2, -0.15) is 0 Å². The van der Waals surface area contributed by atoms with Crippen LogP contribution in [0.5, 0.6) is 0 Å². The Morgan fingerprint density at radius 2 is 1.95 bits per heavy atom. The summed E-state index contributed by atoms with van der Waals surface area (Å²) in [5, 5.41) is 0. The summed E-state index contributed by atoms with van der Waals surface area (Å²) in [6, 6.07) is 0. The molecule has 3 aliphatic rings. The average Bonchev–Trinajstić information content (AvgIpc) is 2.38.